The normalized spacial score (nSPS) is 11.4. The van der Waals surface area contributed by atoms with Crippen molar-refractivity contribution in [1.29, 1.82) is 0 Å². The molecular formula is C21H25NO5. The van der Waals surface area contributed by atoms with E-state index in [-0.39, 0.29) is 18.8 Å². The fourth-order valence-corrected chi connectivity index (χ4v) is 2.40. The third-order valence-corrected chi connectivity index (χ3v) is 3.80. The number of hydrogen-bond acceptors (Lipinski definition) is 5. The molecule has 6 nitrogen and oxygen atoms in total. The molecule has 0 saturated carbocycles. The van der Waals surface area contributed by atoms with E-state index in [0.717, 1.165) is 11.4 Å². The van der Waals surface area contributed by atoms with Crippen LogP contribution < -0.4 is 10.1 Å². The van der Waals surface area contributed by atoms with Crippen LogP contribution in [0.5, 0.6) is 5.75 Å². The SMILES string of the molecule is CCC(OC(=O)CCCCC(=O)O)Oc1ccc(Nc2ccccc2)cc1. The minimum Gasteiger partial charge on any atom is -0.481 e. The van der Waals surface area contributed by atoms with Gasteiger partial charge in [0.1, 0.15) is 5.75 Å². The molecule has 144 valence electrons. The highest BCUT2D eigenvalue weighted by molar-refractivity contribution is 5.70. The van der Waals surface area contributed by atoms with Crippen molar-refractivity contribution in [2.24, 2.45) is 0 Å². The van der Waals surface area contributed by atoms with Gasteiger partial charge in [-0.15, -0.1) is 0 Å². The van der Waals surface area contributed by atoms with E-state index < -0.39 is 12.3 Å². The third-order valence-electron chi connectivity index (χ3n) is 3.80. The topological polar surface area (TPSA) is 84.9 Å². The first-order valence-corrected chi connectivity index (χ1v) is 9.07. The molecule has 6 heteroatoms. The van der Waals surface area contributed by atoms with E-state index in [9.17, 15) is 9.59 Å². The van der Waals surface area contributed by atoms with E-state index in [0.29, 0.717) is 25.0 Å². The van der Waals surface area contributed by atoms with Crippen LogP contribution in [0, 0.1) is 0 Å². The molecule has 2 aromatic carbocycles. The number of carboxylic acid groups (broad SMARTS) is 1. The minimum atomic E-state index is -0.858. The van der Waals surface area contributed by atoms with E-state index in [1.807, 2.05) is 61.5 Å². The van der Waals surface area contributed by atoms with Crippen LogP contribution in [0.1, 0.15) is 39.0 Å². The van der Waals surface area contributed by atoms with Gasteiger partial charge < -0.3 is 19.9 Å². The number of carboxylic acids is 1. The molecule has 1 unspecified atom stereocenters. The monoisotopic (exact) mass is 371 g/mol. The molecule has 0 spiro atoms. The summed E-state index contributed by atoms with van der Waals surface area (Å²) >= 11 is 0. The van der Waals surface area contributed by atoms with Gasteiger partial charge in [-0.1, -0.05) is 25.1 Å². The van der Waals surface area contributed by atoms with E-state index in [2.05, 4.69) is 5.32 Å². The highest BCUT2D eigenvalue weighted by Crippen LogP contribution is 2.21. The number of ether oxygens (including phenoxy) is 2. The maximum Gasteiger partial charge on any atom is 0.308 e. The molecule has 2 N–H and O–H groups in total. The summed E-state index contributed by atoms with van der Waals surface area (Å²) in [5, 5.41) is 11.9. The molecule has 0 saturated heterocycles. The van der Waals surface area contributed by atoms with Gasteiger partial charge in [-0.2, -0.15) is 0 Å². The molecule has 0 aliphatic heterocycles. The molecule has 2 aromatic rings. The largest absolute Gasteiger partial charge is 0.481 e. The quantitative estimate of drug-likeness (QED) is 0.337. The summed E-state index contributed by atoms with van der Waals surface area (Å²) in [7, 11) is 0. The summed E-state index contributed by atoms with van der Waals surface area (Å²) in [5.74, 6) is -0.628. The first-order valence-electron chi connectivity index (χ1n) is 9.07. The van der Waals surface area contributed by atoms with Gasteiger partial charge in [0.2, 0.25) is 6.29 Å². The van der Waals surface area contributed by atoms with Crippen molar-refractivity contribution in [2.45, 2.75) is 45.3 Å². The lowest BCUT2D eigenvalue weighted by Crippen LogP contribution is -2.23. The predicted octanol–water partition coefficient (Wildman–Crippen LogP) is 4.73. The first-order chi connectivity index (χ1) is 13.1. The highest BCUT2D eigenvalue weighted by Gasteiger charge is 2.14. The van der Waals surface area contributed by atoms with Crippen molar-refractivity contribution < 1.29 is 24.2 Å². The minimum absolute atomic E-state index is 0.0599. The Bertz CT molecular complexity index is 715. The van der Waals surface area contributed by atoms with Crippen LogP contribution in [-0.4, -0.2) is 23.3 Å². The highest BCUT2D eigenvalue weighted by atomic mass is 16.7. The predicted molar refractivity (Wildman–Crippen MR) is 103 cm³/mol. The number of esters is 1. The summed E-state index contributed by atoms with van der Waals surface area (Å²) in [5.41, 5.74) is 1.92. The lowest BCUT2D eigenvalue weighted by molar-refractivity contribution is -0.164. The van der Waals surface area contributed by atoms with E-state index in [1.165, 1.54) is 0 Å². The lowest BCUT2D eigenvalue weighted by atomic mass is 10.2. The summed E-state index contributed by atoms with van der Waals surface area (Å²) in [4.78, 5) is 22.3. The zero-order chi connectivity index (χ0) is 19.5. The molecule has 0 amide bonds. The Labute approximate surface area is 159 Å². The smallest absolute Gasteiger partial charge is 0.308 e. The Morgan fingerprint density at radius 2 is 1.59 bits per heavy atom. The molecular weight excluding hydrogens is 346 g/mol. The van der Waals surface area contributed by atoms with Gasteiger partial charge in [0.25, 0.3) is 0 Å². The second kappa shape index (κ2) is 10.9. The van der Waals surface area contributed by atoms with Crippen LogP contribution in [0.2, 0.25) is 0 Å². The number of hydrogen-bond donors (Lipinski definition) is 2. The van der Waals surface area contributed by atoms with Gasteiger partial charge in [0.15, 0.2) is 0 Å². The van der Waals surface area contributed by atoms with Crippen molar-refractivity contribution in [3.63, 3.8) is 0 Å². The lowest BCUT2D eigenvalue weighted by Gasteiger charge is -2.18. The Kier molecular flexibility index (Phi) is 8.16. The molecule has 0 radical (unpaired) electrons. The number of para-hydroxylation sites is 1. The molecule has 0 fully saturated rings. The molecule has 0 heterocycles. The molecule has 0 aliphatic carbocycles. The van der Waals surface area contributed by atoms with Gasteiger partial charge in [-0.25, -0.2) is 0 Å². The Hall–Kier alpha value is -3.02. The number of carbonyl (C=O) groups is 2. The van der Waals surface area contributed by atoms with Crippen molar-refractivity contribution in [1.82, 2.24) is 0 Å². The zero-order valence-electron chi connectivity index (χ0n) is 15.4. The maximum atomic E-state index is 11.8. The van der Waals surface area contributed by atoms with E-state index in [1.54, 1.807) is 0 Å². The Balaban J connectivity index is 1.79. The summed E-state index contributed by atoms with van der Waals surface area (Å²) < 4.78 is 11.0. The van der Waals surface area contributed by atoms with Gasteiger partial charge in [0, 0.05) is 30.6 Å². The summed E-state index contributed by atoms with van der Waals surface area (Å²) in [6.07, 6.45) is 1.05. The van der Waals surface area contributed by atoms with Crippen LogP contribution in [0.4, 0.5) is 11.4 Å². The number of anilines is 2. The van der Waals surface area contributed by atoms with Crippen LogP contribution in [0.15, 0.2) is 54.6 Å². The molecule has 1 atom stereocenters. The van der Waals surface area contributed by atoms with Gasteiger partial charge in [-0.05, 0) is 49.2 Å². The number of unbranched alkanes of at least 4 members (excludes halogenated alkanes) is 1. The molecule has 0 aliphatic rings. The van der Waals surface area contributed by atoms with Crippen LogP contribution >= 0.6 is 0 Å². The van der Waals surface area contributed by atoms with Crippen molar-refractivity contribution in [3.05, 3.63) is 54.6 Å². The van der Waals surface area contributed by atoms with Crippen molar-refractivity contribution in [3.8, 4) is 5.75 Å². The summed E-state index contributed by atoms with van der Waals surface area (Å²) in [6, 6.07) is 17.2. The van der Waals surface area contributed by atoms with Gasteiger partial charge >= 0.3 is 11.9 Å². The average molecular weight is 371 g/mol. The van der Waals surface area contributed by atoms with E-state index >= 15 is 0 Å². The van der Waals surface area contributed by atoms with Gasteiger partial charge in [0.05, 0.1) is 0 Å². The van der Waals surface area contributed by atoms with Crippen LogP contribution in [-0.2, 0) is 14.3 Å². The second-order valence-corrected chi connectivity index (χ2v) is 6.06. The average Bonchev–Trinajstić information content (AvgIpc) is 2.67. The number of benzene rings is 2. The molecule has 0 bridgehead atoms. The molecule has 27 heavy (non-hydrogen) atoms. The molecule has 0 aromatic heterocycles. The second-order valence-electron chi connectivity index (χ2n) is 6.06. The van der Waals surface area contributed by atoms with Crippen molar-refractivity contribution in [2.75, 3.05) is 5.32 Å². The van der Waals surface area contributed by atoms with E-state index in [4.69, 9.17) is 14.6 Å². The number of aliphatic carboxylic acids is 1. The first kappa shape index (κ1) is 20.3. The Morgan fingerprint density at radius 1 is 0.963 bits per heavy atom. The number of carbonyl (C=O) groups excluding carboxylic acids is 1. The third kappa shape index (κ3) is 7.81. The molecule has 2 rings (SSSR count). The number of nitrogens with one attached hydrogen (secondary N) is 1. The number of rotatable bonds is 11. The standard InChI is InChI=1S/C21H25NO5/c1-2-21(27-20(25)11-7-6-10-19(23)24)26-18-14-12-17(13-15-18)22-16-8-4-3-5-9-16/h3-5,8-9,12-15,21-22H,2,6-7,10-11H2,1H3,(H,23,24). The summed E-state index contributed by atoms with van der Waals surface area (Å²) in [6.45, 7) is 1.87. The fourth-order valence-electron chi connectivity index (χ4n) is 2.40. The fraction of sp³-hybridized carbons (Fsp3) is 0.333. The van der Waals surface area contributed by atoms with Crippen LogP contribution in [0.25, 0.3) is 0 Å². The Morgan fingerprint density at radius 3 is 2.22 bits per heavy atom. The van der Waals surface area contributed by atoms with Gasteiger partial charge in [-0.3, -0.25) is 9.59 Å². The maximum absolute atomic E-state index is 11.8. The zero-order valence-corrected chi connectivity index (χ0v) is 15.4. The van der Waals surface area contributed by atoms with Crippen molar-refractivity contribution >= 4 is 23.3 Å². The van der Waals surface area contributed by atoms with Crippen LogP contribution in [0.3, 0.4) is 0 Å².